The second-order valence-corrected chi connectivity index (χ2v) is 17.4. The highest BCUT2D eigenvalue weighted by atomic mass is 16.5. The molecule has 0 radical (unpaired) electrons. The van der Waals surface area contributed by atoms with Gasteiger partial charge in [-0.15, -0.1) is 0 Å². The van der Waals surface area contributed by atoms with E-state index in [9.17, 15) is 19.2 Å². The van der Waals surface area contributed by atoms with Crippen molar-refractivity contribution in [3.05, 3.63) is 168 Å². The van der Waals surface area contributed by atoms with Crippen LogP contribution in [0.4, 0.5) is 0 Å². The van der Waals surface area contributed by atoms with Crippen LogP contribution in [0.5, 0.6) is 34.5 Å². The summed E-state index contributed by atoms with van der Waals surface area (Å²) in [5.74, 6) is 0.463. The average Bonchev–Trinajstić information content (AvgIpc) is 3.38. The zero-order chi connectivity index (χ0) is 49.2. The molecule has 0 saturated heterocycles. The first-order valence-electron chi connectivity index (χ1n) is 25.0. The standard InChI is InChI=1S/C60H66O10/c1-3-5-7-9-11-12-13-14-16-18-43-66-52-34-26-46(27-35-52)57(61)68-54-38-28-48(29-39-54)59(63)67-53-36-22-45(23-37-53)50-20-19-21-56(44-50)70-60(64)49-30-40-55(41-31-49)69-58(62)47-24-32-51(33-25-47)65-42-17-15-10-8-6-4-2/h19-41,44H,3-18,42-43H2,1-2H3. The molecule has 0 fully saturated rings. The molecule has 0 aromatic heterocycles. The largest absolute Gasteiger partial charge is 0.494 e. The Morgan fingerprint density at radius 1 is 0.300 bits per heavy atom. The third kappa shape index (κ3) is 17.7. The summed E-state index contributed by atoms with van der Waals surface area (Å²) < 4.78 is 34.1. The topological polar surface area (TPSA) is 124 Å². The minimum atomic E-state index is -0.578. The van der Waals surface area contributed by atoms with E-state index in [-0.39, 0.29) is 16.9 Å². The van der Waals surface area contributed by atoms with E-state index in [0.717, 1.165) is 36.8 Å². The number of ether oxygens (including phenoxy) is 6. The van der Waals surface area contributed by atoms with Crippen molar-refractivity contribution in [2.45, 2.75) is 117 Å². The Morgan fingerprint density at radius 2 is 0.600 bits per heavy atom. The fourth-order valence-corrected chi connectivity index (χ4v) is 7.66. The number of rotatable bonds is 29. The lowest BCUT2D eigenvalue weighted by atomic mass is 10.1. The van der Waals surface area contributed by atoms with Gasteiger partial charge < -0.3 is 28.4 Å². The first-order chi connectivity index (χ1) is 34.3. The number of carbonyl (C=O) groups excluding carboxylic acids is 4. The van der Waals surface area contributed by atoms with E-state index in [2.05, 4.69) is 13.8 Å². The number of esters is 4. The van der Waals surface area contributed by atoms with Gasteiger partial charge >= 0.3 is 23.9 Å². The van der Waals surface area contributed by atoms with Crippen molar-refractivity contribution < 1.29 is 47.6 Å². The van der Waals surface area contributed by atoms with Crippen LogP contribution in [0.15, 0.2) is 146 Å². The summed E-state index contributed by atoms with van der Waals surface area (Å²) in [5.41, 5.74) is 2.91. The van der Waals surface area contributed by atoms with Crippen molar-refractivity contribution >= 4 is 23.9 Å². The monoisotopic (exact) mass is 946 g/mol. The van der Waals surface area contributed by atoms with Crippen molar-refractivity contribution in [2.75, 3.05) is 13.2 Å². The van der Waals surface area contributed by atoms with Crippen molar-refractivity contribution in [2.24, 2.45) is 0 Å². The van der Waals surface area contributed by atoms with Crippen LogP contribution in [-0.4, -0.2) is 37.1 Å². The molecule has 0 aliphatic carbocycles. The fourth-order valence-electron chi connectivity index (χ4n) is 7.66. The molecular weight excluding hydrogens is 881 g/mol. The number of carbonyl (C=O) groups is 4. The second kappa shape index (κ2) is 29.0. The summed E-state index contributed by atoms with van der Waals surface area (Å²) in [6.07, 6.45) is 19.8. The Labute approximate surface area is 413 Å². The van der Waals surface area contributed by atoms with Crippen LogP contribution in [0.1, 0.15) is 158 Å². The molecule has 0 atom stereocenters. The van der Waals surface area contributed by atoms with E-state index in [4.69, 9.17) is 28.4 Å². The highest BCUT2D eigenvalue weighted by Gasteiger charge is 2.15. The van der Waals surface area contributed by atoms with Crippen LogP contribution in [0.2, 0.25) is 0 Å². The molecule has 0 heterocycles. The van der Waals surface area contributed by atoms with E-state index >= 15 is 0 Å². The van der Waals surface area contributed by atoms with Gasteiger partial charge in [-0.05, 0) is 145 Å². The Morgan fingerprint density at radius 3 is 0.957 bits per heavy atom. The van der Waals surface area contributed by atoms with Gasteiger partial charge in [-0.2, -0.15) is 0 Å². The summed E-state index contributed by atoms with van der Waals surface area (Å²) >= 11 is 0. The van der Waals surface area contributed by atoms with Crippen molar-refractivity contribution in [1.29, 1.82) is 0 Å². The molecule has 10 heteroatoms. The van der Waals surface area contributed by atoms with E-state index in [1.54, 1.807) is 115 Å². The van der Waals surface area contributed by atoms with E-state index < -0.39 is 23.9 Å². The van der Waals surface area contributed by atoms with Crippen LogP contribution in [0.25, 0.3) is 11.1 Å². The maximum Gasteiger partial charge on any atom is 0.343 e. The normalized spacial score (nSPS) is 10.8. The summed E-state index contributed by atoms with van der Waals surface area (Å²) in [6.45, 7) is 5.74. The molecule has 366 valence electrons. The highest BCUT2D eigenvalue weighted by Crippen LogP contribution is 2.28. The predicted octanol–water partition coefficient (Wildman–Crippen LogP) is 15.3. The summed E-state index contributed by atoms with van der Waals surface area (Å²) in [6, 6.07) is 40.1. The first-order valence-corrected chi connectivity index (χ1v) is 25.0. The van der Waals surface area contributed by atoms with Gasteiger partial charge in [0.2, 0.25) is 0 Å². The summed E-state index contributed by atoms with van der Waals surface area (Å²) in [7, 11) is 0. The van der Waals surface area contributed by atoms with Crippen molar-refractivity contribution in [3.63, 3.8) is 0 Å². The van der Waals surface area contributed by atoms with Gasteiger partial charge in [-0.3, -0.25) is 0 Å². The summed E-state index contributed by atoms with van der Waals surface area (Å²) in [5, 5.41) is 0. The lowest BCUT2D eigenvalue weighted by molar-refractivity contribution is 0.0720. The smallest absolute Gasteiger partial charge is 0.343 e. The fraction of sp³-hybridized carbons (Fsp3) is 0.333. The Hall–Kier alpha value is -7.20. The molecule has 70 heavy (non-hydrogen) atoms. The van der Waals surface area contributed by atoms with Gasteiger partial charge in [0.15, 0.2) is 0 Å². The molecule has 0 aliphatic heterocycles. The number of unbranched alkanes of at least 4 members (excludes halogenated alkanes) is 14. The van der Waals surface area contributed by atoms with Gasteiger partial charge in [-0.1, -0.05) is 128 Å². The zero-order valence-electron chi connectivity index (χ0n) is 40.7. The third-order valence-corrected chi connectivity index (χ3v) is 11.8. The quantitative estimate of drug-likeness (QED) is 0.0255. The number of hydrogen-bond acceptors (Lipinski definition) is 10. The van der Waals surface area contributed by atoms with Gasteiger partial charge in [-0.25, -0.2) is 19.2 Å². The molecule has 10 nitrogen and oxygen atoms in total. The molecule has 0 unspecified atom stereocenters. The third-order valence-electron chi connectivity index (χ3n) is 11.8. The maximum absolute atomic E-state index is 13.1. The Kier molecular flexibility index (Phi) is 21.6. The minimum absolute atomic E-state index is 0.278. The van der Waals surface area contributed by atoms with Crippen LogP contribution in [-0.2, 0) is 0 Å². The molecule has 0 saturated carbocycles. The van der Waals surface area contributed by atoms with E-state index in [1.165, 1.54) is 101 Å². The minimum Gasteiger partial charge on any atom is -0.494 e. The first kappa shape index (κ1) is 52.2. The van der Waals surface area contributed by atoms with Gasteiger partial charge in [0.1, 0.15) is 34.5 Å². The molecule has 0 bridgehead atoms. The molecule has 6 rings (SSSR count). The molecule has 0 spiro atoms. The highest BCUT2D eigenvalue weighted by molar-refractivity contribution is 5.94. The summed E-state index contributed by atoms with van der Waals surface area (Å²) in [4.78, 5) is 51.7. The Bertz CT molecular complexity index is 2510. The lowest BCUT2D eigenvalue weighted by Crippen LogP contribution is -2.10. The zero-order valence-corrected chi connectivity index (χ0v) is 40.7. The van der Waals surface area contributed by atoms with Crippen LogP contribution < -0.4 is 28.4 Å². The Balaban J connectivity index is 0.895. The molecule has 0 amide bonds. The molecule has 0 aliphatic rings. The van der Waals surface area contributed by atoms with Crippen LogP contribution in [0, 0.1) is 0 Å². The molecule has 6 aromatic rings. The number of benzene rings is 6. The van der Waals surface area contributed by atoms with Crippen LogP contribution >= 0.6 is 0 Å². The van der Waals surface area contributed by atoms with Gasteiger partial charge in [0.25, 0.3) is 0 Å². The molecular formula is C60H66O10. The van der Waals surface area contributed by atoms with Gasteiger partial charge in [0.05, 0.1) is 35.5 Å². The average molecular weight is 947 g/mol. The van der Waals surface area contributed by atoms with Crippen LogP contribution in [0.3, 0.4) is 0 Å². The van der Waals surface area contributed by atoms with Crippen molar-refractivity contribution in [3.8, 4) is 45.6 Å². The number of hydrogen-bond donors (Lipinski definition) is 0. The SMILES string of the molecule is CCCCCCCCCCCCOc1ccc(C(=O)Oc2ccc(C(=O)Oc3ccc(-c4cccc(OC(=O)c5ccc(OC(=O)c6ccc(OCCCCCCCC)cc6)cc5)c4)cc3)cc2)cc1. The lowest BCUT2D eigenvalue weighted by Gasteiger charge is -2.10. The van der Waals surface area contributed by atoms with Gasteiger partial charge in [0, 0.05) is 0 Å². The molecule has 0 N–H and O–H groups in total. The van der Waals surface area contributed by atoms with Crippen molar-refractivity contribution in [1.82, 2.24) is 0 Å². The van der Waals surface area contributed by atoms with E-state index in [1.807, 2.05) is 6.07 Å². The van der Waals surface area contributed by atoms with E-state index in [0.29, 0.717) is 53.1 Å². The predicted molar refractivity (Wildman–Crippen MR) is 274 cm³/mol. The molecule has 6 aromatic carbocycles. The maximum atomic E-state index is 13.1. The second-order valence-electron chi connectivity index (χ2n) is 17.4.